The number of aromatic carboxylic acids is 1. The number of aromatic nitrogens is 1. The van der Waals surface area contributed by atoms with E-state index in [1.807, 2.05) is 48.5 Å². The van der Waals surface area contributed by atoms with E-state index in [0.29, 0.717) is 41.6 Å². The fourth-order valence-electron chi connectivity index (χ4n) is 5.37. The number of nitrogens with zero attached hydrogens (tertiary/aromatic N) is 1. The molecule has 3 unspecified atom stereocenters. The van der Waals surface area contributed by atoms with E-state index in [0.717, 1.165) is 24.1 Å². The quantitative estimate of drug-likeness (QED) is 0.256. The number of carboxylic acids is 1. The van der Waals surface area contributed by atoms with Crippen molar-refractivity contribution in [1.29, 1.82) is 0 Å². The summed E-state index contributed by atoms with van der Waals surface area (Å²) in [6, 6.07) is 18.1. The molecule has 0 spiro atoms. The molecular formula is C31H37N3O5. The van der Waals surface area contributed by atoms with Crippen LogP contribution in [-0.2, 0) is 16.1 Å². The van der Waals surface area contributed by atoms with Crippen LogP contribution in [0.5, 0.6) is 11.6 Å². The minimum absolute atomic E-state index is 0.0545. The molecule has 1 aliphatic rings. The Morgan fingerprint density at radius 2 is 1.85 bits per heavy atom. The Morgan fingerprint density at radius 1 is 1.05 bits per heavy atom. The van der Waals surface area contributed by atoms with Crippen LogP contribution in [0.25, 0.3) is 0 Å². The molecule has 1 amide bonds. The Morgan fingerprint density at radius 3 is 2.59 bits per heavy atom. The summed E-state index contributed by atoms with van der Waals surface area (Å²) in [6.07, 6.45) is 4.79. The maximum Gasteiger partial charge on any atom is 0.337 e. The number of nitrogens with one attached hydrogen (secondary N) is 2. The van der Waals surface area contributed by atoms with E-state index < -0.39 is 5.97 Å². The molecule has 0 radical (unpaired) electrons. The lowest BCUT2D eigenvalue weighted by Crippen LogP contribution is -2.38. The minimum Gasteiger partial charge on any atom is -0.478 e. The Kier molecular flexibility index (Phi) is 9.54. The maximum absolute atomic E-state index is 12.6. The van der Waals surface area contributed by atoms with Gasteiger partial charge in [-0.1, -0.05) is 51.8 Å². The summed E-state index contributed by atoms with van der Waals surface area (Å²) in [7, 11) is 0. The third-order valence-electron chi connectivity index (χ3n) is 7.18. The summed E-state index contributed by atoms with van der Waals surface area (Å²) in [4.78, 5) is 27.7. The first-order chi connectivity index (χ1) is 18.8. The highest BCUT2D eigenvalue weighted by molar-refractivity contribution is 5.92. The Hall–Kier alpha value is -3.91. The van der Waals surface area contributed by atoms with Gasteiger partial charge in [0, 0.05) is 30.2 Å². The van der Waals surface area contributed by atoms with Gasteiger partial charge in [-0.2, -0.15) is 0 Å². The molecule has 3 aromatic rings. The molecule has 1 fully saturated rings. The van der Waals surface area contributed by atoms with Gasteiger partial charge in [0.15, 0.2) is 0 Å². The van der Waals surface area contributed by atoms with E-state index in [1.54, 1.807) is 0 Å². The SMILES string of the molecule is CC(C)C1C(C)CCCC1OCC(=O)Nc1cccc(NCc2cccc(Oc3ccc(C(=O)O)cn3)c2)c1. The van der Waals surface area contributed by atoms with Crippen molar-refractivity contribution in [3.8, 4) is 11.6 Å². The zero-order chi connectivity index (χ0) is 27.8. The molecule has 8 nitrogen and oxygen atoms in total. The third kappa shape index (κ3) is 8.04. The van der Waals surface area contributed by atoms with Crippen LogP contribution in [0.2, 0.25) is 0 Å². The molecule has 0 saturated heterocycles. The molecule has 0 bridgehead atoms. The minimum atomic E-state index is -1.03. The van der Waals surface area contributed by atoms with Gasteiger partial charge in [-0.3, -0.25) is 4.79 Å². The highest BCUT2D eigenvalue weighted by atomic mass is 16.5. The third-order valence-corrected chi connectivity index (χ3v) is 7.18. The second kappa shape index (κ2) is 13.2. The highest BCUT2D eigenvalue weighted by Crippen LogP contribution is 2.36. The first-order valence-electron chi connectivity index (χ1n) is 13.5. The van der Waals surface area contributed by atoms with Gasteiger partial charge in [0.05, 0.1) is 11.7 Å². The lowest BCUT2D eigenvalue weighted by atomic mass is 9.72. The van der Waals surface area contributed by atoms with Gasteiger partial charge in [0.1, 0.15) is 12.4 Å². The van der Waals surface area contributed by atoms with E-state index in [9.17, 15) is 9.59 Å². The fourth-order valence-corrected chi connectivity index (χ4v) is 5.37. The van der Waals surface area contributed by atoms with Crippen LogP contribution in [0, 0.1) is 17.8 Å². The Balaban J connectivity index is 1.28. The lowest BCUT2D eigenvalue weighted by molar-refractivity contribution is -0.126. The van der Waals surface area contributed by atoms with Crippen molar-refractivity contribution in [2.75, 3.05) is 17.2 Å². The van der Waals surface area contributed by atoms with Crippen LogP contribution in [0.4, 0.5) is 11.4 Å². The normalized spacial score (nSPS) is 18.9. The van der Waals surface area contributed by atoms with Crippen molar-refractivity contribution < 1.29 is 24.2 Å². The van der Waals surface area contributed by atoms with E-state index in [2.05, 4.69) is 36.4 Å². The monoisotopic (exact) mass is 531 g/mol. The topological polar surface area (TPSA) is 110 Å². The number of hydrogen-bond acceptors (Lipinski definition) is 6. The summed E-state index contributed by atoms with van der Waals surface area (Å²) >= 11 is 0. The number of pyridine rings is 1. The molecule has 39 heavy (non-hydrogen) atoms. The lowest BCUT2D eigenvalue weighted by Gasteiger charge is -2.38. The van der Waals surface area contributed by atoms with Crippen molar-refractivity contribution in [1.82, 2.24) is 4.98 Å². The van der Waals surface area contributed by atoms with Gasteiger partial charge in [-0.05, 0) is 66.1 Å². The standard InChI is InChI=1S/C31H37N3O5/c1-20(2)30-21(3)7-4-12-27(30)38-19-28(35)34-25-10-6-9-24(16-25)32-17-22-8-5-11-26(15-22)39-29-14-13-23(18-33-29)31(36)37/h5-6,8-11,13-16,18,20-21,27,30,32H,4,7,12,17,19H2,1-3H3,(H,34,35)(H,36,37). The number of carbonyl (C=O) groups excluding carboxylic acids is 1. The van der Waals surface area contributed by atoms with Crippen molar-refractivity contribution in [3.05, 3.63) is 78.0 Å². The molecule has 2 aromatic carbocycles. The van der Waals surface area contributed by atoms with Crippen LogP contribution in [0.15, 0.2) is 66.9 Å². The smallest absolute Gasteiger partial charge is 0.337 e. The number of rotatable bonds is 11. The first-order valence-corrected chi connectivity index (χ1v) is 13.5. The van der Waals surface area contributed by atoms with Crippen molar-refractivity contribution in [3.63, 3.8) is 0 Å². The Bertz CT molecular complexity index is 1260. The van der Waals surface area contributed by atoms with E-state index >= 15 is 0 Å². The summed E-state index contributed by atoms with van der Waals surface area (Å²) < 4.78 is 11.9. The summed E-state index contributed by atoms with van der Waals surface area (Å²) in [5.74, 6) is 1.36. The van der Waals surface area contributed by atoms with Gasteiger partial charge in [0.25, 0.3) is 0 Å². The summed E-state index contributed by atoms with van der Waals surface area (Å²) in [5, 5.41) is 15.3. The number of anilines is 2. The van der Waals surface area contributed by atoms with Crippen LogP contribution in [0.3, 0.4) is 0 Å². The molecule has 0 aliphatic heterocycles. The molecule has 1 heterocycles. The molecule has 3 N–H and O–H groups in total. The predicted molar refractivity (Wildman–Crippen MR) is 151 cm³/mol. The number of carbonyl (C=O) groups is 2. The zero-order valence-electron chi connectivity index (χ0n) is 22.7. The number of ether oxygens (including phenoxy) is 2. The molecule has 1 aromatic heterocycles. The number of carboxylic acid groups (broad SMARTS) is 1. The average Bonchev–Trinajstić information content (AvgIpc) is 2.91. The second-order valence-corrected chi connectivity index (χ2v) is 10.5. The van der Waals surface area contributed by atoms with Crippen LogP contribution in [-0.4, -0.2) is 34.7 Å². The largest absolute Gasteiger partial charge is 0.478 e. The molecule has 3 atom stereocenters. The summed E-state index contributed by atoms with van der Waals surface area (Å²) in [5.41, 5.74) is 2.66. The number of benzene rings is 2. The molecule has 206 valence electrons. The Labute approximate surface area is 229 Å². The van der Waals surface area contributed by atoms with Crippen molar-refractivity contribution in [2.45, 2.75) is 52.7 Å². The van der Waals surface area contributed by atoms with E-state index in [4.69, 9.17) is 14.6 Å². The van der Waals surface area contributed by atoms with Crippen LogP contribution in [0.1, 0.15) is 56.0 Å². The zero-order valence-corrected chi connectivity index (χ0v) is 22.7. The maximum atomic E-state index is 12.6. The first kappa shape index (κ1) is 28.1. The molecule has 1 saturated carbocycles. The van der Waals surface area contributed by atoms with Gasteiger partial charge in [-0.15, -0.1) is 0 Å². The number of amides is 1. The average molecular weight is 532 g/mol. The van der Waals surface area contributed by atoms with Crippen LogP contribution < -0.4 is 15.4 Å². The molecule has 4 rings (SSSR count). The van der Waals surface area contributed by atoms with Gasteiger partial charge < -0.3 is 25.2 Å². The van der Waals surface area contributed by atoms with Gasteiger partial charge in [-0.25, -0.2) is 9.78 Å². The highest BCUT2D eigenvalue weighted by Gasteiger charge is 2.33. The van der Waals surface area contributed by atoms with Gasteiger partial charge >= 0.3 is 5.97 Å². The molecule has 8 heteroatoms. The van der Waals surface area contributed by atoms with E-state index in [-0.39, 0.29) is 24.2 Å². The predicted octanol–water partition coefficient (Wildman–Crippen LogP) is 6.60. The molecular weight excluding hydrogens is 494 g/mol. The second-order valence-electron chi connectivity index (χ2n) is 10.5. The van der Waals surface area contributed by atoms with Crippen molar-refractivity contribution in [2.24, 2.45) is 17.8 Å². The van der Waals surface area contributed by atoms with Gasteiger partial charge in [0.2, 0.25) is 11.8 Å². The van der Waals surface area contributed by atoms with Crippen LogP contribution >= 0.6 is 0 Å². The van der Waals surface area contributed by atoms with Crippen molar-refractivity contribution >= 4 is 23.3 Å². The van der Waals surface area contributed by atoms with E-state index in [1.165, 1.54) is 24.8 Å². The fraction of sp³-hybridized carbons (Fsp3) is 0.387. The molecule has 1 aliphatic carbocycles. The number of hydrogen-bond donors (Lipinski definition) is 3. The summed E-state index contributed by atoms with van der Waals surface area (Å²) in [6.45, 7) is 7.37.